The SMILES string of the molecule is COc1ccc(NC(=O)CC(=O)NN=Cc2cc(C)c(O)c(C)c2)cc1. The number of hydrogen-bond donors (Lipinski definition) is 3. The molecule has 7 nitrogen and oxygen atoms in total. The third-order valence-electron chi connectivity index (χ3n) is 3.61. The number of aromatic hydroxyl groups is 1. The van der Waals surface area contributed by atoms with E-state index in [1.54, 1.807) is 57.4 Å². The summed E-state index contributed by atoms with van der Waals surface area (Å²) in [6.07, 6.45) is 1.11. The summed E-state index contributed by atoms with van der Waals surface area (Å²) in [7, 11) is 1.55. The zero-order valence-corrected chi connectivity index (χ0v) is 14.9. The average molecular weight is 355 g/mol. The van der Waals surface area contributed by atoms with Gasteiger partial charge in [0.1, 0.15) is 17.9 Å². The Morgan fingerprint density at radius 2 is 1.73 bits per heavy atom. The Bertz CT molecular complexity index is 806. The highest BCUT2D eigenvalue weighted by molar-refractivity contribution is 6.03. The van der Waals surface area contributed by atoms with Crippen LogP contribution in [-0.2, 0) is 9.59 Å². The largest absolute Gasteiger partial charge is 0.507 e. The molecule has 0 fully saturated rings. The number of carbonyl (C=O) groups is 2. The molecule has 0 aromatic heterocycles. The van der Waals surface area contributed by atoms with E-state index in [0.29, 0.717) is 11.4 Å². The Labute approximate surface area is 151 Å². The number of methoxy groups -OCH3 is 1. The fourth-order valence-electron chi connectivity index (χ4n) is 2.31. The fraction of sp³-hybridized carbons (Fsp3) is 0.211. The fourth-order valence-corrected chi connectivity index (χ4v) is 2.31. The number of ether oxygens (including phenoxy) is 1. The number of benzene rings is 2. The third-order valence-corrected chi connectivity index (χ3v) is 3.61. The molecule has 2 amide bonds. The second-order valence-electron chi connectivity index (χ2n) is 5.75. The van der Waals surface area contributed by atoms with E-state index in [2.05, 4.69) is 15.8 Å². The molecule has 26 heavy (non-hydrogen) atoms. The van der Waals surface area contributed by atoms with Gasteiger partial charge in [-0.05, 0) is 66.9 Å². The monoisotopic (exact) mass is 355 g/mol. The van der Waals surface area contributed by atoms with Crippen molar-refractivity contribution in [3.05, 3.63) is 53.1 Å². The standard InChI is InChI=1S/C19H21N3O4/c1-12-8-14(9-13(2)19(12)25)11-20-22-18(24)10-17(23)21-15-4-6-16(26-3)7-5-15/h4-9,11,25H,10H2,1-3H3,(H,21,23)(H,22,24). The van der Waals surface area contributed by atoms with Crippen molar-refractivity contribution in [2.45, 2.75) is 20.3 Å². The molecule has 136 valence electrons. The Kier molecular flexibility index (Phi) is 6.32. The van der Waals surface area contributed by atoms with Crippen molar-refractivity contribution in [3.8, 4) is 11.5 Å². The first kappa shape index (κ1) is 19.0. The number of carbonyl (C=O) groups excluding carboxylic acids is 2. The summed E-state index contributed by atoms with van der Waals surface area (Å²) in [6, 6.07) is 10.3. The van der Waals surface area contributed by atoms with Crippen LogP contribution in [0.15, 0.2) is 41.5 Å². The minimum atomic E-state index is -0.528. The smallest absolute Gasteiger partial charge is 0.249 e. The molecule has 0 saturated heterocycles. The number of nitrogens with one attached hydrogen (secondary N) is 2. The summed E-state index contributed by atoms with van der Waals surface area (Å²) in [4.78, 5) is 23.6. The molecule has 0 bridgehead atoms. The van der Waals surface area contributed by atoms with E-state index in [0.717, 1.165) is 16.7 Å². The van der Waals surface area contributed by atoms with Gasteiger partial charge in [0.15, 0.2) is 0 Å². The van der Waals surface area contributed by atoms with Crippen molar-refractivity contribution < 1.29 is 19.4 Å². The molecular weight excluding hydrogens is 334 g/mol. The van der Waals surface area contributed by atoms with Gasteiger partial charge in [0, 0.05) is 5.69 Å². The van der Waals surface area contributed by atoms with E-state index in [1.165, 1.54) is 6.21 Å². The number of hydrazone groups is 1. The summed E-state index contributed by atoms with van der Waals surface area (Å²) in [5, 5.41) is 16.2. The van der Waals surface area contributed by atoms with Crippen LogP contribution in [0.2, 0.25) is 0 Å². The Morgan fingerprint density at radius 3 is 2.31 bits per heavy atom. The van der Waals surface area contributed by atoms with Crippen molar-refractivity contribution in [2.75, 3.05) is 12.4 Å². The molecule has 3 N–H and O–H groups in total. The third kappa shape index (κ3) is 5.34. The van der Waals surface area contributed by atoms with Crippen LogP contribution < -0.4 is 15.5 Å². The molecule has 0 radical (unpaired) electrons. The minimum Gasteiger partial charge on any atom is -0.507 e. The van der Waals surface area contributed by atoms with E-state index in [4.69, 9.17) is 4.74 Å². The molecular formula is C19H21N3O4. The molecule has 7 heteroatoms. The first-order chi connectivity index (χ1) is 12.4. The highest BCUT2D eigenvalue weighted by atomic mass is 16.5. The Morgan fingerprint density at radius 1 is 1.12 bits per heavy atom. The molecule has 0 unspecified atom stereocenters. The summed E-state index contributed by atoms with van der Waals surface area (Å²) in [5.41, 5.74) is 5.05. The summed E-state index contributed by atoms with van der Waals surface area (Å²) in [6.45, 7) is 3.56. The highest BCUT2D eigenvalue weighted by Gasteiger charge is 2.09. The molecule has 0 saturated carbocycles. The molecule has 0 aliphatic heterocycles. The lowest BCUT2D eigenvalue weighted by Crippen LogP contribution is -2.24. The van der Waals surface area contributed by atoms with Gasteiger partial charge in [-0.3, -0.25) is 9.59 Å². The number of hydrogen-bond acceptors (Lipinski definition) is 5. The highest BCUT2D eigenvalue weighted by Crippen LogP contribution is 2.22. The molecule has 0 spiro atoms. The predicted octanol–water partition coefficient (Wildman–Crippen LogP) is 2.50. The van der Waals surface area contributed by atoms with Crippen LogP contribution in [-0.4, -0.2) is 30.2 Å². The van der Waals surface area contributed by atoms with Crippen LogP contribution >= 0.6 is 0 Å². The first-order valence-electron chi connectivity index (χ1n) is 7.95. The zero-order valence-electron chi connectivity index (χ0n) is 14.9. The van der Waals surface area contributed by atoms with Gasteiger partial charge in [-0.25, -0.2) is 5.43 Å². The van der Waals surface area contributed by atoms with Gasteiger partial charge in [0.25, 0.3) is 0 Å². The van der Waals surface area contributed by atoms with Crippen molar-refractivity contribution in [1.82, 2.24) is 5.43 Å². The maximum atomic E-state index is 11.9. The molecule has 0 heterocycles. The second-order valence-corrected chi connectivity index (χ2v) is 5.75. The van der Waals surface area contributed by atoms with E-state index < -0.39 is 11.8 Å². The van der Waals surface area contributed by atoms with E-state index >= 15 is 0 Å². The van der Waals surface area contributed by atoms with Crippen molar-refractivity contribution in [1.29, 1.82) is 0 Å². The van der Waals surface area contributed by atoms with E-state index in [1.807, 2.05) is 0 Å². The van der Waals surface area contributed by atoms with Gasteiger partial charge in [-0.2, -0.15) is 5.10 Å². The lowest BCUT2D eigenvalue weighted by molar-refractivity contribution is -0.126. The van der Waals surface area contributed by atoms with Crippen LogP contribution in [0.1, 0.15) is 23.1 Å². The second kappa shape index (κ2) is 8.66. The normalized spacial score (nSPS) is 10.6. The Balaban J connectivity index is 1.84. The van der Waals surface area contributed by atoms with Crippen molar-refractivity contribution >= 4 is 23.7 Å². The van der Waals surface area contributed by atoms with Gasteiger partial charge >= 0.3 is 0 Å². The van der Waals surface area contributed by atoms with Gasteiger partial charge in [-0.15, -0.1) is 0 Å². The number of phenols is 1. The molecule has 2 rings (SSSR count). The van der Waals surface area contributed by atoms with Crippen molar-refractivity contribution in [2.24, 2.45) is 5.10 Å². The molecule has 2 aromatic carbocycles. The summed E-state index contributed by atoms with van der Waals surface area (Å²) < 4.78 is 5.03. The molecule has 0 atom stereocenters. The average Bonchev–Trinajstić information content (AvgIpc) is 2.60. The van der Waals surface area contributed by atoms with Crippen LogP contribution in [0.5, 0.6) is 11.5 Å². The summed E-state index contributed by atoms with van der Waals surface area (Å²) >= 11 is 0. The number of nitrogens with zero attached hydrogens (tertiary/aromatic N) is 1. The number of phenolic OH excluding ortho intramolecular Hbond substituents is 1. The van der Waals surface area contributed by atoms with Gasteiger partial charge in [-0.1, -0.05) is 0 Å². The molecule has 2 aromatic rings. The van der Waals surface area contributed by atoms with Crippen LogP contribution in [0.3, 0.4) is 0 Å². The van der Waals surface area contributed by atoms with Crippen LogP contribution in [0.25, 0.3) is 0 Å². The maximum Gasteiger partial charge on any atom is 0.249 e. The lowest BCUT2D eigenvalue weighted by atomic mass is 10.1. The van der Waals surface area contributed by atoms with Gasteiger partial charge in [0.05, 0.1) is 13.3 Å². The maximum absolute atomic E-state index is 11.9. The van der Waals surface area contributed by atoms with Crippen LogP contribution in [0.4, 0.5) is 5.69 Å². The molecule has 0 aliphatic carbocycles. The van der Waals surface area contributed by atoms with Gasteiger partial charge < -0.3 is 15.2 Å². The lowest BCUT2D eigenvalue weighted by Gasteiger charge is -2.06. The van der Waals surface area contributed by atoms with E-state index in [9.17, 15) is 14.7 Å². The van der Waals surface area contributed by atoms with E-state index in [-0.39, 0.29) is 12.2 Å². The topological polar surface area (TPSA) is 100 Å². The summed E-state index contributed by atoms with van der Waals surface area (Å²) in [5.74, 6) is -0.0603. The molecule has 0 aliphatic rings. The zero-order chi connectivity index (χ0) is 19.1. The first-order valence-corrected chi connectivity index (χ1v) is 7.95. The minimum absolute atomic E-state index is 0.237. The number of anilines is 1. The number of rotatable bonds is 6. The van der Waals surface area contributed by atoms with Crippen LogP contribution in [0, 0.1) is 13.8 Å². The number of aryl methyl sites for hydroxylation is 2. The predicted molar refractivity (Wildman–Crippen MR) is 99.6 cm³/mol. The quantitative estimate of drug-likeness (QED) is 0.421. The van der Waals surface area contributed by atoms with Gasteiger partial charge in [0.2, 0.25) is 11.8 Å². The Hall–Kier alpha value is -3.35. The van der Waals surface area contributed by atoms with Crippen molar-refractivity contribution in [3.63, 3.8) is 0 Å². The number of amides is 2.